The summed E-state index contributed by atoms with van der Waals surface area (Å²) in [6.45, 7) is 5.69. The first-order chi connectivity index (χ1) is 11.2. The lowest BCUT2D eigenvalue weighted by molar-refractivity contribution is -0.143. The first-order valence-electron chi connectivity index (χ1n) is 8.06. The van der Waals surface area contributed by atoms with Crippen molar-refractivity contribution in [3.05, 3.63) is 29.8 Å². The zero-order chi connectivity index (χ0) is 17.9. The maximum Gasteiger partial charge on any atom is 0.411 e. The average Bonchev–Trinajstić information content (AvgIpc) is 2.89. The Morgan fingerprint density at radius 2 is 2.04 bits per heavy atom. The quantitative estimate of drug-likeness (QED) is 0.915. The van der Waals surface area contributed by atoms with Crippen LogP contribution in [0.15, 0.2) is 24.3 Å². The highest BCUT2D eigenvalue weighted by Crippen LogP contribution is 2.30. The van der Waals surface area contributed by atoms with Gasteiger partial charge in [-0.2, -0.15) is 0 Å². The van der Waals surface area contributed by atoms with Crippen molar-refractivity contribution < 1.29 is 24.2 Å². The number of hydrogen-bond donors (Lipinski definition) is 1. The Morgan fingerprint density at radius 3 is 2.62 bits per heavy atom. The molecule has 1 saturated heterocycles. The van der Waals surface area contributed by atoms with Gasteiger partial charge in [-0.15, -0.1) is 0 Å². The molecule has 24 heavy (non-hydrogen) atoms. The van der Waals surface area contributed by atoms with Gasteiger partial charge in [0.2, 0.25) is 0 Å². The molecule has 0 aliphatic carbocycles. The molecule has 0 spiro atoms. The predicted molar refractivity (Wildman–Crippen MR) is 89.2 cm³/mol. The molecule has 1 aromatic carbocycles. The van der Waals surface area contributed by atoms with Crippen LogP contribution in [0.25, 0.3) is 0 Å². The molecule has 2 rings (SSSR count). The van der Waals surface area contributed by atoms with Crippen LogP contribution in [0.3, 0.4) is 0 Å². The number of aliphatic carboxylic acids is 1. The highest BCUT2D eigenvalue weighted by molar-refractivity contribution is 5.81. The maximum absolute atomic E-state index is 12.3. The van der Waals surface area contributed by atoms with Gasteiger partial charge in [-0.1, -0.05) is 12.1 Å². The summed E-state index contributed by atoms with van der Waals surface area (Å²) in [5.41, 5.74) is 0.349. The van der Waals surface area contributed by atoms with E-state index in [0.29, 0.717) is 19.4 Å². The highest BCUT2D eigenvalue weighted by Gasteiger charge is 2.43. The molecule has 0 bridgehead atoms. The van der Waals surface area contributed by atoms with Crippen molar-refractivity contribution in [1.29, 1.82) is 0 Å². The van der Waals surface area contributed by atoms with Crippen molar-refractivity contribution in [3.63, 3.8) is 0 Å². The molecule has 0 aromatic heterocycles. The van der Waals surface area contributed by atoms with Crippen molar-refractivity contribution in [2.75, 3.05) is 13.7 Å². The van der Waals surface area contributed by atoms with E-state index in [1.165, 1.54) is 4.90 Å². The van der Waals surface area contributed by atoms with E-state index < -0.39 is 23.7 Å². The largest absolute Gasteiger partial charge is 0.497 e. The maximum atomic E-state index is 12.3. The monoisotopic (exact) mass is 335 g/mol. The summed E-state index contributed by atoms with van der Waals surface area (Å²) >= 11 is 0. The second-order valence-electron chi connectivity index (χ2n) is 7.06. The summed E-state index contributed by atoms with van der Waals surface area (Å²) in [4.78, 5) is 25.4. The Kier molecular flexibility index (Phi) is 5.36. The SMILES string of the molecule is COc1cccc(C[C@H]2CCN(C(=O)OC(C)(C)C)[C@H]2C(=O)O)c1. The minimum absolute atomic E-state index is 0.151. The van der Waals surface area contributed by atoms with Crippen LogP contribution < -0.4 is 4.74 Å². The van der Waals surface area contributed by atoms with Gasteiger partial charge >= 0.3 is 12.1 Å². The van der Waals surface area contributed by atoms with Gasteiger partial charge in [-0.05, 0) is 57.2 Å². The molecule has 6 heteroatoms. The molecular formula is C18H25NO5. The first kappa shape index (κ1) is 18.1. The lowest BCUT2D eigenvalue weighted by Gasteiger charge is -2.28. The molecule has 1 N–H and O–H groups in total. The van der Waals surface area contributed by atoms with E-state index >= 15 is 0 Å². The number of likely N-dealkylation sites (tertiary alicyclic amines) is 1. The van der Waals surface area contributed by atoms with Crippen molar-refractivity contribution in [2.24, 2.45) is 5.92 Å². The summed E-state index contributed by atoms with van der Waals surface area (Å²) < 4.78 is 10.5. The molecular weight excluding hydrogens is 310 g/mol. The Balaban J connectivity index is 2.13. The minimum Gasteiger partial charge on any atom is -0.497 e. The number of benzene rings is 1. The second-order valence-corrected chi connectivity index (χ2v) is 7.06. The third-order valence-corrected chi connectivity index (χ3v) is 4.04. The van der Waals surface area contributed by atoms with Gasteiger partial charge in [0.1, 0.15) is 17.4 Å². The summed E-state index contributed by atoms with van der Waals surface area (Å²) in [5.74, 6) is -0.408. The molecule has 1 aromatic rings. The first-order valence-corrected chi connectivity index (χ1v) is 8.06. The third-order valence-electron chi connectivity index (χ3n) is 4.04. The number of carboxylic acid groups (broad SMARTS) is 1. The van der Waals surface area contributed by atoms with E-state index in [1.807, 2.05) is 24.3 Å². The molecule has 1 heterocycles. The Morgan fingerprint density at radius 1 is 1.33 bits per heavy atom. The molecule has 1 aliphatic heterocycles. The summed E-state index contributed by atoms with van der Waals surface area (Å²) in [5, 5.41) is 9.61. The van der Waals surface area contributed by atoms with Gasteiger partial charge in [0.25, 0.3) is 0 Å². The summed E-state index contributed by atoms with van der Waals surface area (Å²) in [6, 6.07) is 6.70. The fraction of sp³-hybridized carbons (Fsp3) is 0.556. The van der Waals surface area contributed by atoms with E-state index in [0.717, 1.165) is 11.3 Å². The number of nitrogens with zero attached hydrogens (tertiary/aromatic N) is 1. The van der Waals surface area contributed by atoms with Crippen LogP contribution in [0.1, 0.15) is 32.8 Å². The number of methoxy groups -OCH3 is 1. The zero-order valence-electron chi connectivity index (χ0n) is 14.6. The molecule has 1 aliphatic rings. The van der Waals surface area contributed by atoms with Crippen molar-refractivity contribution >= 4 is 12.1 Å². The number of rotatable bonds is 4. The topological polar surface area (TPSA) is 76.1 Å². The van der Waals surface area contributed by atoms with E-state index in [2.05, 4.69) is 0 Å². The Labute approximate surface area is 142 Å². The molecule has 132 valence electrons. The van der Waals surface area contributed by atoms with E-state index in [1.54, 1.807) is 27.9 Å². The molecule has 0 saturated carbocycles. The lowest BCUT2D eigenvalue weighted by Crippen LogP contribution is -2.45. The van der Waals surface area contributed by atoms with Crippen LogP contribution in [0, 0.1) is 5.92 Å². The fourth-order valence-electron chi connectivity index (χ4n) is 3.03. The smallest absolute Gasteiger partial charge is 0.411 e. The normalized spacial score (nSPS) is 20.8. The number of carbonyl (C=O) groups is 2. The molecule has 0 radical (unpaired) electrons. The standard InChI is InChI=1S/C18H25NO5/c1-18(2,3)24-17(22)19-9-8-13(15(19)16(20)21)10-12-6-5-7-14(11-12)23-4/h5-7,11,13,15H,8-10H2,1-4H3,(H,20,21)/t13-,15-/m1/s1. The van der Waals surface area contributed by atoms with Crippen LogP contribution in [0.4, 0.5) is 4.79 Å². The van der Waals surface area contributed by atoms with Crippen molar-refractivity contribution in [1.82, 2.24) is 4.90 Å². The van der Waals surface area contributed by atoms with Crippen molar-refractivity contribution in [3.8, 4) is 5.75 Å². The van der Waals surface area contributed by atoms with Gasteiger partial charge in [0, 0.05) is 6.54 Å². The van der Waals surface area contributed by atoms with Gasteiger partial charge < -0.3 is 14.6 Å². The molecule has 0 unspecified atom stereocenters. The number of amides is 1. The van der Waals surface area contributed by atoms with Gasteiger partial charge in [0.05, 0.1) is 7.11 Å². The number of carboxylic acids is 1. The molecule has 1 amide bonds. The predicted octanol–water partition coefficient (Wildman–Crippen LogP) is 2.95. The number of carbonyl (C=O) groups excluding carboxylic acids is 1. The minimum atomic E-state index is -0.994. The third kappa shape index (κ3) is 4.40. The average molecular weight is 335 g/mol. The lowest BCUT2D eigenvalue weighted by atomic mass is 9.92. The van der Waals surface area contributed by atoms with E-state index in [4.69, 9.17) is 9.47 Å². The molecule has 1 fully saturated rings. The summed E-state index contributed by atoms with van der Waals surface area (Å²) in [7, 11) is 1.60. The highest BCUT2D eigenvalue weighted by atomic mass is 16.6. The molecule has 6 nitrogen and oxygen atoms in total. The van der Waals surface area contributed by atoms with Crippen LogP contribution in [0.2, 0.25) is 0 Å². The van der Waals surface area contributed by atoms with Crippen LogP contribution in [-0.2, 0) is 16.0 Å². The Hall–Kier alpha value is -2.24. The number of ether oxygens (including phenoxy) is 2. The fourth-order valence-corrected chi connectivity index (χ4v) is 3.03. The Bertz CT molecular complexity index is 608. The molecule has 2 atom stereocenters. The summed E-state index contributed by atoms with van der Waals surface area (Å²) in [6.07, 6.45) is 0.643. The van der Waals surface area contributed by atoms with E-state index in [9.17, 15) is 14.7 Å². The van der Waals surface area contributed by atoms with Crippen LogP contribution >= 0.6 is 0 Å². The van der Waals surface area contributed by atoms with Crippen LogP contribution in [-0.4, -0.2) is 47.4 Å². The van der Waals surface area contributed by atoms with Gasteiger partial charge in [-0.3, -0.25) is 4.90 Å². The van der Waals surface area contributed by atoms with Gasteiger partial charge in [-0.25, -0.2) is 9.59 Å². The number of hydrogen-bond acceptors (Lipinski definition) is 4. The van der Waals surface area contributed by atoms with Gasteiger partial charge in [0.15, 0.2) is 0 Å². The van der Waals surface area contributed by atoms with E-state index in [-0.39, 0.29) is 5.92 Å². The second kappa shape index (κ2) is 7.11. The zero-order valence-corrected chi connectivity index (χ0v) is 14.6. The van der Waals surface area contributed by atoms with Crippen molar-refractivity contribution in [2.45, 2.75) is 45.3 Å². The van der Waals surface area contributed by atoms with Crippen LogP contribution in [0.5, 0.6) is 5.75 Å².